The lowest BCUT2D eigenvalue weighted by atomic mass is 10.2. The molecule has 0 saturated heterocycles. The smallest absolute Gasteiger partial charge is 0.307 e. The number of benzene rings is 1. The van der Waals surface area contributed by atoms with Gasteiger partial charge in [0.15, 0.2) is 5.76 Å². The minimum Gasteiger partial charge on any atom is -0.506 e. The summed E-state index contributed by atoms with van der Waals surface area (Å²) in [6, 6.07) is 8.45. The number of hydrogen-bond donors (Lipinski definition) is 2. The van der Waals surface area contributed by atoms with E-state index in [2.05, 4.69) is 15.4 Å². The maximum absolute atomic E-state index is 11.6. The maximum Gasteiger partial charge on any atom is 0.307 e. The molecule has 0 fully saturated rings. The van der Waals surface area contributed by atoms with E-state index in [4.69, 9.17) is 4.42 Å². The molecule has 1 aromatic carbocycles. The molecule has 0 saturated carbocycles. The van der Waals surface area contributed by atoms with Crippen LogP contribution in [0.3, 0.4) is 0 Å². The highest BCUT2D eigenvalue weighted by molar-refractivity contribution is 5.92. The number of nitrogens with one attached hydrogen (secondary N) is 1. The summed E-state index contributed by atoms with van der Waals surface area (Å²) in [5.41, 5.74) is 3.82. The number of carbonyl (C=O) groups is 1. The van der Waals surface area contributed by atoms with Crippen LogP contribution in [0.1, 0.15) is 30.0 Å². The molecule has 0 aliphatic carbocycles. The first kappa shape index (κ1) is 15.6. The fourth-order valence-corrected chi connectivity index (χ4v) is 2.08. The molecule has 0 spiro atoms. The molecule has 0 atom stereocenters. The van der Waals surface area contributed by atoms with Crippen LogP contribution in [0.4, 0.5) is 5.69 Å². The number of phenolic OH excluding ortho intramolecular Hbond substituents is 1. The summed E-state index contributed by atoms with van der Waals surface area (Å²) in [7, 11) is 0. The van der Waals surface area contributed by atoms with Crippen molar-refractivity contribution in [2.75, 3.05) is 18.0 Å². The second kappa shape index (κ2) is 7.31. The lowest BCUT2D eigenvalue weighted by molar-refractivity contribution is 0.0927. The minimum atomic E-state index is -0.426. The molecule has 0 unspecified atom stereocenters. The Morgan fingerprint density at radius 1 is 1.36 bits per heavy atom. The Kier molecular flexibility index (Phi) is 5.19. The van der Waals surface area contributed by atoms with Crippen molar-refractivity contribution in [3.8, 4) is 5.75 Å². The van der Waals surface area contributed by atoms with Crippen molar-refractivity contribution in [1.29, 1.82) is 0 Å². The molecule has 1 amide bonds. The van der Waals surface area contributed by atoms with Gasteiger partial charge in [-0.25, -0.2) is 5.43 Å². The van der Waals surface area contributed by atoms with Gasteiger partial charge in [0.1, 0.15) is 5.75 Å². The monoisotopic (exact) mass is 301 g/mol. The van der Waals surface area contributed by atoms with Crippen molar-refractivity contribution in [3.05, 3.63) is 47.9 Å². The van der Waals surface area contributed by atoms with Crippen molar-refractivity contribution in [1.82, 2.24) is 5.43 Å². The van der Waals surface area contributed by atoms with Crippen molar-refractivity contribution in [3.63, 3.8) is 0 Å². The van der Waals surface area contributed by atoms with E-state index in [1.807, 2.05) is 26.0 Å². The Morgan fingerprint density at radius 3 is 2.73 bits per heavy atom. The summed E-state index contributed by atoms with van der Waals surface area (Å²) in [6.07, 6.45) is 2.88. The quantitative estimate of drug-likeness (QED) is 0.635. The number of hydrazone groups is 1. The number of aromatic hydroxyl groups is 1. The first-order valence-corrected chi connectivity index (χ1v) is 7.10. The predicted molar refractivity (Wildman–Crippen MR) is 85.4 cm³/mol. The largest absolute Gasteiger partial charge is 0.506 e. The Hall–Kier alpha value is -2.76. The van der Waals surface area contributed by atoms with Crippen molar-refractivity contribution in [2.45, 2.75) is 13.8 Å². The lowest BCUT2D eigenvalue weighted by Gasteiger charge is -2.22. The fraction of sp³-hybridized carbons (Fsp3) is 0.250. The first-order chi connectivity index (χ1) is 10.7. The van der Waals surface area contributed by atoms with Gasteiger partial charge in [0.25, 0.3) is 0 Å². The number of furan rings is 1. The van der Waals surface area contributed by atoms with Crippen LogP contribution in [0.15, 0.2) is 46.1 Å². The van der Waals surface area contributed by atoms with Crippen LogP contribution in [0.2, 0.25) is 0 Å². The van der Waals surface area contributed by atoms with Gasteiger partial charge in [-0.2, -0.15) is 5.10 Å². The topological polar surface area (TPSA) is 78.1 Å². The standard InChI is InChI=1S/C16H19N3O3/c1-3-19(4-2)13-8-7-12(10-14(13)20)11-17-18-16(21)15-6-5-9-22-15/h5-11,20H,3-4H2,1-2H3,(H,18,21). The Morgan fingerprint density at radius 2 is 2.14 bits per heavy atom. The third kappa shape index (κ3) is 3.66. The highest BCUT2D eigenvalue weighted by Crippen LogP contribution is 2.27. The van der Waals surface area contributed by atoms with E-state index in [0.717, 1.165) is 18.8 Å². The van der Waals surface area contributed by atoms with Gasteiger partial charge in [0.2, 0.25) is 0 Å². The minimum absolute atomic E-state index is 0.185. The second-order valence-electron chi connectivity index (χ2n) is 4.60. The van der Waals surface area contributed by atoms with E-state index in [1.165, 1.54) is 12.5 Å². The summed E-state index contributed by atoms with van der Waals surface area (Å²) in [6.45, 7) is 5.69. The van der Waals surface area contributed by atoms with Crippen LogP contribution in [0.25, 0.3) is 0 Å². The van der Waals surface area contributed by atoms with E-state index >= 15 is 0 Å². The summed E-state index contributed by atoms with van der Waals surface area (Å²) in [4.78, 5) is 13.7. The highest BCUT2D eigenvalue weighted by atomic mass is 16.3. The number of rotatable bonds is 6. The second-order valence-corrected chi connectivity index (χ2v) is 4.60. The molecule has 2 N–H and O–H groups in total. The first-order valence-electron chi connectivity index (χ1n) is 7.10. The zero-order chi connectivity index (χ0) is 15.9. The molecule has 2 rings (SSSR count). The number of phenols is 1. The van der Waals surface area contributed by atoms with Gasteiger partial charge in [-0.3, -0.25) is 4.79 Å². The van der Waals surface area contributed by atoms with E-state index in [0.29, 0.717) is 5.56 Å². The Labute approximate surface area is 129 Å². The number of nitrogens with zero attached hydrogens (tertiary/aromatic N) is 2. The van der Waals surface area contributed by atoms with Gasteiger partial charge < -0.3 is 14.4 Å². The van der Waals surface area contributed by atoms with Gasteiger partial charge in [-0.15, -0.1) is 0 Å². The molecule has 1 heterocycles. The third-order valence-corrected chi connectivity index (χ3v) is 3.23. The van der Waals surface area contributed by atoms with Crippen LogP contribution < -0.4 is 10.3 Å². The van der Waals surface area contributed by atoms with Gasteiger partial charge in [-0.05, 0) is 43.7 Å². The van der Waals surface area contributed by atoms with E-state index < -0.39 is 5.91 Å². The predicted octanol–water partition coefficient (Wildman–Crippen LogP) is 2.60. The number of amides is 1. The molecule has 1 aromatic heterocycles. The SMILES string of the molecule is CCN(CC)c1ccc(C=NNC(=O)c2ccco2)cc1O. The highest BCUT2D eigenvalue weighted by Gasteiger charge is 2.08. The normalized spacial score (nSPS) is 10.8. The van der Waals surface area contributed by atoms with Crippen LogP contribution in [-0.4, -0.2) is 30.3 Å². The average molecular weight is 301 g/mol. The van der Waals surface area contributed by atoms with Crippen LogP contribution >= 0.6 is 0 Å². The van der Waals surface area contributed by atoms with Gasteiger partial charge >= 0.3 is 5.91 Å². The van der Waals surface area contributed by atoms with Crippen LogP contribution in [0.5, 0.6) is 5.75 Å². The van der Waals surface area contributed by atoms with Crippen molar-refractivity contribution >= 4 is 17.8 Å². The number of hydrogen-bond acceptors (Lipinski definition) is 5. The molecule has 0 aliphatic rings. The zero-order valence-electron chi connectivity index (χ0n) is 12.6. The lowest BCUT2D eigenvalue weighted by Crippen LogP contribution is -2.21. The Bertz CT molecular complexity index is 647. The molecule has 0 bridgehead atoms. The number of carbonyl (C=O) groups excluding carboxylic acids is 1. The van der Waals surface area contributed by atoms with E-state index in [1.54, 1.807) is 18.2 Å². The molecule has 22 heavy (non-hydrogen) atoms. The van der Waals surface area contributed by atoms with Gasteiger partial charge in [-0.1, -0.05) is 6.07 Å². The van der Waals surface area contributed by atoms with Crippen molar-refractivity contribution < 1.29 is 14.3 Å². The molecule has 6 heteroatoms. The zero-order valence-corrected chi connectivity index (χ0v) is 12.6. The summed E-state index contributed by atoms with van der Waals surface area (Å²) < 4.78 is 4.95. The molecule has 0 aliphatic heterocycles. The van der Waals surface area contributed by atoms with Crippen LogP contribution in [-0.2, 0) is 0 Å². The molecule has 2 aromatic rings. The van der Waals surface area contributed by atoms with Gasteiger partial charge in [0.05, 0.1) is 18.2 Å². The molecular weight excluding hydrogens is 282 g/mol. The van der Waals surface area contributed by atoms with Gasteiger partial charge in [0, 0.05) is 13.1 Å². The molecule has 116 valence electrons. The third-order valence-electron chi connectivity index (χ3n) is 3.23. The summed E-state index contributed by atoms with van der Waals surface area (Å²) in [5.74, 6) is -0.0490. The van der Waals surface area contributed by atoms with E-state index in [9.17, 15) is 9.90 Å². The average Bonchev–Trinajstić information content (AvgIpc) is 3.04. The molecular formula is C16H19N3O3. The summed E-state index contributed by atoms with van der Waals surface area (Å²) >= 11 is 0. The fourth-order valence-electron chi connectivity index (χ4n) is 2.08. The Balaban J connectivity index is 2.03. The number of anilines is 1. The molecule has 0 radical (unpaired) electrons. The van der Waals surface area contributed by atoms with E-state index in [-0.39, 0.29) is 11.5 Å². The molecule has 6 nitrogen and oxygen atoms in total. The van der Waals surface area contributed by atoms with Crippen LogP contribution in [0, 0.1) is 0 Å². The summed E-state index contributed by atoms with van der Waals surface area (Å²) in [5, 5.41) is 13.9. The van der Waals surface area contributed by atoms with Crippen molar-refractivity contribution in [2.24, 2.45) is 5.10 Å². The maximum atomic E-state index is 11.6.